The van der Waals surface area contributed by atoms with Gasteiger partial charge in [-0.2, -0.15) is 0 Å². The quantitative estimate of drug-likeness (QED) is 0.704. The van der Waals surface area contributed by atoms with E-state index in [9.17, 15) is 14.4 Å². The van der Waals surface area contributed by atoms with Gasteiger partial charge in [-0.1, -0.05) is 56.3 Å². The number of hydrogen-bond acceptors (Lipinski definition) is 3. The molecule has 2 fully saturated rings. The van der Waals surface area contributed by atoms with E-state index < -0.39 is 6.04 Å². The molecule has 0 radical (unpaired) electrons. The lowest BCUT2D eigenvalue weighted by Gasteiger charge is -2.28. The number of carbonyl (C=O) groups excluding carboxylic acids is 3. The summed E-state index contributed by atoms with van der Waals surface area (Å²) in [5.41, 5.74) is 2.69. The molecule has 2 aliphatic rings. The van der Waals surface area contributed by atoms with Crippen LogP contribution in [0.3, 0.4) is 0 Å². The van der Waals surface area contributed by atoms with Gasteiger partial charge in [0.2, 0.25) is 11.8 Å². The highest BCUT2D eigenvalue weighted by Gasteiger charge is 2.46. The van der Waals surface area contributed by atoms with Crippen LogP contribution in [0.15, 0.2) is 54.6 Å². The van der Waals surface area contributed by atoms with E-state index in [1.165, 1.54) is 4.90 Å². The van der Waals surface area contributed by atoms with Crippen molar-refractivity contribution in [2.45, 2.75) is 51.6 Å². The predicted molar refractivity (Wildman–Crippen MR) is 111 cm³/mol. The topological polar surface area (TPSA) is 57.7 Å². The van der Waals surface area contributed by atoms with Crippen LogP contribution in [0.5, 0.6) is 0 Å². The summed E-state index contributed by atoms with van der Waals surface area (Å²) in [7, 11) is 0. The van der Waals surface area contributed by atoms with Crippen molar-refractivity contribution in [2.75, 3.05) is 4.90 Å². The highest BCUT2D eigenvalue weighted by Crippen LogP contribution is 2.35. The first-order valence-electron chi connectivity index (χ1n) is 10.3. The van der Waals surface area contributed by atoms with Crippen LogP contribution in [-0.4, -0.2) is 28.7 Å². The molecular weight excluding hydrogens is 364 g/mol. The van der Waals surface area contributed by atoms with Crippen molar-refractivity contribution in [1.82, 2.24) is 4.90 Å². The van der Waals surface area contributed by atoms with Crippen LogP contribution >= 0.6 is 0 Å². The molecule has 1 aliphatic carbocycles. The van der Waals surface area contributed by atoms with Gasteiger partial charge in [0.1, 0.15) is 6.04 Å². The predicted octanol–water partition coefficient (Wildman–Crippen LogP) is 3.88. The van der Waals surface area contributed by atoms with Crippen LogP contribution in [0.25, 0.3) is 0 Å². The first-order chi connectivity index (χ1) is 14.0. The molecule has 29 heavy (non-hydrogen) atoms. The van der Waals surface area contributed by atoms with Crippen molar-refractivity contribution in [1.29, 1.82) is 0 Å². The van der Waals surface area contributed by atoms with Crippen LogP contribution in [0, 0.1) is 5.92 Å². The van der Waals surface area contributed by atoms with Gasteiger partial charge in [0.05, 0.1) is 12.1 Å². The molecule has 1 saturated heterocycles. The molecule has 0 aromatic heterocycles. The van der Waals surface area contributed by atoms with Crippen LogP contribution in [0.2, 0.25) is 0 Å². The maximum absolute atomic E-state index is 13.2. The zero-order valence-electron chi connectivity index (χ0n) is 16.9. The maximum Gasteiger partial charge on any atom is 0.257 e. The number of rotatable bonds is 6. The molecule has 5 nitrogen and oxygen atoms in total. The molecule has 0 bridgehead atoms. The number of anilines is 1. The molecule has 2 aromatic rings. The van der Waals surface area contributed by atoms with E-state index in [2.05, 4.69) is 13.8 Å². The standard InChI is InChI=1S/C24H26N2O3/c1-16(2)18-10-12-20(13-11-18)26-22(27)14-21(24(26)29)25(23(28)19-8-9-19)15-17-6-4-3-5-7-17/h3-7,10-13,16,19,21H,8-9,14-15H2,1-2H3. The fourth-order valence-electron chi connectivity index (χ4n) is 3.83. The summed E-state index contributed by atoms with van der Waals surface area (Å²) in [5, 5.41) is 0. The zero-order valence-corrected chi connectivity index (χ0v) is 16.9. The Morgan fingerprint density at radius 1 is 1.03 bits per heavy atom. The Bertz CT molecular complexity index is 917. The Morgan fingerprint density at radius 2 is 1.69 bits per heavy atom. The second-order valence-electron chi connectivity index (χ2n) is 8.26. The van der Waals surface area contributed by atoms with Gasteiger partial charge >= 0.3 is 0 Å². The van der Waals surface area contributed by atoms with Gasteiger partial charge in [0.15, 0.2) is 0 Å². The first-order valence-corrected chi connectivity index (χ1v) is 10.3. The monoisotopic (exact) mass is 390 g/mol. The van der Waals surface area contributed by atoms with Crippen LogP contribution in [-0.2, 0) is 20.9 Å². The minimum atomic E-state index is -0.736. The largest absolute Gasteiger partial charge is 0.326 e. The highest BCUT2D eigenvalue weighted by atomic mass is 16.2. The number of amides is 3. The average Bonchev–Trinajstić information content (AvgIpc) is 3.52. The first kappa shape index (κ1) is 19.4. The lowest BCUT2D eigenvalue weighted by atomic mass is 10.0. The van der Waals surface area contributed by atoms with Gasteiger partial charge < -0.3 is 4.90 Å². The van der Waals surface area contributed by atoms with E-state index in [0.717, 1.165) is 24.0 Å². The summed E-state index contributed by atoms with van der Waals surface area (Å²) in [6, 6.07) is 16.4. The SMILES string of the molecule is CC(C)c1ccc(N2C(=O)CC(N(Cc3ccccc3)C(=O)C3CC3)C2=O)cc1. The molecule has 1 atom stereocenters. The van der Waals surface area contributed by atoms with Gasteiger partial charge in [-0.15, -0.1) is 0 Å². The lowest BCUT2D eigenvalue weighted by Crippen LogP contribution is -2.45. The number of benzene rings is 2. The number of hydrogen-bond donors (Lipinski definition) is 0. The molecular formula is C24H26N2O3. The minimum absolute atomic E-state index is 0.0130. The van der Waals surface area contributed by atoms with Crippen molar-refractivity contribution >= 4 is 23.4 Å². The van der Waals surface area contributed by atoms with Crippen molar-refractivity contribution < 1.29 is 14.4 Å². The van der Waals surface area contributed by atoms with E-state index in [4.69, 9.17) is 0 Å². The highest BCUT2D eigenvalue weighted by molar-refractivity contribution is 6.23. The van der Waals surface area contributed by atoms with Crippen molar-refractivity contribution in [2.24, 2.45) is 5.92 Å². The number of nitrogens with zero attached hydrogens (tertiary/aromatic N) is 2. The van der Waals surface area contributed by atoms with Crippen molar-refractivity contribution in [3.8, 4) is 0 Å². The van der Waals surface area contributed by atoms with Gasteiger partial charge in [-0.3, -0.25) is 14.4 Å². The number of imide groups is 1. The molecule has 2 aromatic carbocycles. The van der Waals surface area contributed by atoms with Crippen molar-refractivity contribution in [3.63, 3.8) is 0 Å². The third kappa shape index (κ3) is 3.95. The zero-order chi connectivity index (χ0) is 20.5. The summed E-state index contributed by atoms with van der Waals surface area (Å²) in [5.74, 6) is -0.214. The maximum atomic E-state index is 13.2. The molecule has 5 heteroatoms. The van der Waals surface area contributed by atoms with E-state index >= 15 is 0 Å². The molecule has 0 spiro atoms. The summed E-state index contributed by atoms with van der Waals surface area (Å²) in [4.78, 5) is 41.8. The molecule has 4 rings (SSSR count). The summed E-state index contributed by atoms with van der Waals surface area (Å²) in [6.45, 7) is 4.55. The molecule has 1 saturated carbocycles. The smallest absolute Gasteiger partial charge is 0.257 e. The molecule has 0 N–H and O–H groups in total. The molecule has 1 aliphatic heterocycles. The summed E-state index contributed by atoms with van der Waals surface area (Å²) < 4.78 is 0. The van der Waals surface area contributed by atoms with E-state index in [-0.39, 0.29) is 30.1 Å². The Hall–Kier alpha value is -2.95. The van der Waals surface area contributed by atoms with Crippen LogP contribution in [0.1, 0.15) is 50.2 Å². The Balaban J connectivity index is 1.59. The molecule has 150 valence electrons. The Kier molecular flexibility index (Phi) is 5.22. The van der Waals surface area contributed by atoms with E-state index in [1.807, 2.05) is 54.6 Å². The van der Waals surface area contributed by atoms with Crippen LogP contribution < -0.4 is 4.90 Å². The fraction of sp³-hybridized carbons (Fsp3) is 0.375. The van der Waals surface area contributed by atoms with Gasteiger partial charge in [-0.25, -0.2) is 4.90 Å². The van der Waals surface area contributed by atoms with Gasteiger partial charge in [0.25, 0.3) is 5.91 Å². The summed E-state index contributed by atoms with van der Waals surface area (Å²) >= 11 is 0. The Labute approximate surface area is 171 Å². The van der Waals surface area contributed by atoms with Gasteiger partial charge in [0, 0.05) is 12.5 Å². The van der Waals surface area contributed by atoms with E-state index in [1.54, 1.807) is 4.90 Å². The van der Waals surface area contributed by atoms with Crippen LogP contribution in [0.4, 0.5) is 5.69 Å². The van der Waals surface area contributed by atoms with Crippen molar-refractivity contribution in [3.05, 3.63) is 65.7 Å². The van der Waals surface area contributed by atoms with Gasteiger partial charge in [-0.05, 0) is 42.0 Å². The lowest BCUT2D eigenvalue weighted by molar-refractivity contribution is -0.140. The Morgan fingerprint density at radius 3 is 2.28 bits per heavy atom. The molecule has 1 unspecified atom stereocenters. The second kappa shape index (κ2) is 7.82. The number of carbonyl (C=O) groups is 3. The van der Waals surface area contributed by atoms with E-state index in [0.29, 0.717) is 18.2 Å². The normalized spacial score (nSPS) is 19.1. The fourth-order valence-corrected chi connectivity index (χ4v) is 3.83. The summed E-state index contributed by atoms with van der Waals surface area (Å²) in [6.07, 6.45) is 1.76. The molecule has 1 heterocycles. The third-order valence-electron chi connectivity index (χ3n) is 5.72. The average molecular weight is 390 g/mol. The minimum Gasteiger partial charge on any atom is -0.326 e. The third-order valence-corrected chi connectivity index (χ3v) is 5.72. The molecule has 3 amide bonds. The second-order valence-corrected chi connectivity index (χ2v) is 8.26.